The number of carbonyl (C=O) groups excluding carboxylic acids is 1. The molecule has 3 heterocycles. The van der Waals surface area contributed by atoms with Crippen LogP contribution in [0.25, 0.3) is 22.6 Å². The maximum atomic E-state index is 11.8. The van der Waals surface area contributed by atoms with Gasteiger partial charge in [0.1, 0.15) is 11.9 Å². The summed E-state index contributed by atoms with van der Waals surface area (Å²) in [6, 6.07) is 13.4. The molecule has 1 atom stereocenters. The van der Waals surface area contributed by atoms with Crippen LogP contribution in [0.4, 0.5) is 5.82 Å². The predicted molar refractivity (Wildman–Crippen MR) is 121 cm³/mol. The Balaban J connectivity index is 1.61. The summed E-state index contributed by atoms with van der Waals surface area (Å²) in [5, 5.41) is 13.0. The molecule has 31 heavy (non-hydrogen) atoms. The summed E-state index contributed by atoms with van der Waals surface area (Å²) in [4.78, 5) is 27.7. The van der Waals surface area contributed by atoms with E-state index in [0.717, 1.165) is 48.6 Å². The summed E-state index contributed by atoms with van der Waals surface area (Å²) in [5.41, 5.74) is 2.61. The molecule has 7 nitrogen and oxygen atoms in total. The van der Waals surface area contributed by atoms with E-state index in [0.29, 0.717) is 10.8 Å². The molecule has 1 saturated heterocycles. The van der Waals surface area contributed by atoms with E-state index in [-0.39, 0.29) is 11.9 Å². The molecule has 1 aromatic carbocycles. The molecule has 1 amide bonds. The summed E-state index contributed by atoms with van der Waals surface area (Å²) in [6.45, 7) is 2.96. The van der Waals surface area contributed by atoms with Gasteiger partial charge in [-0.25, -0.2) is 9.97 Å². The van der Waals surface area contributed by atoms with Crippen LogP contribution >= 0.6 is 11.6 Å². The van der Waals surface area contributed by atoms with Gasteiger partial charge in [0, 0.05) is 53.7 Å². The molecule has 4 rings (SSSR count). The van der Waals surface area contributed by atoms with Gasteiger partial charge >= 0.3 is 0 Å². The van der Waals surface area contributed by atoms with Crippen molar-refractivity contribution in [2.75, 3.05) is 18.0 Å². The fourth-order valence-corrected chi connectivity index (χ4v) is 3.69. The third kappa shape index (κ3) is 5.18. The van der Waals surface area contributed by atoms with Crippen molar-refractivity contribution in [1.29, 1.82) is 0 Å². The lowest BCUT2D eigenvalue weighted by Crippen LogP contribution is -2.47. The van der Waals surface area contributed by atoms with Crippen LogP contribution in [0.3, 0.4) is 0 Å². The molecule has 0 radical (unpaired) electrons. The lowest BCUT2D eigenvalue weighted by Gasteiger charge is -2.33. The number of hydrogen-bond acceptors (Lipinski definition) is 6. The van der Waals surface area contributed by atoms with Gasteiger partial charge in [-0.1, -0.05) is 23.7 Å². The second-order valence-corrected chi connectivity index (χ2v) is 8.07. The Labute approximate surface area is 186 Å². The van der Waals surface area contributed by atoms with E-state index in [1.54, 1.807) is 12.4 Å². The summed E-state index contributed by atoms with van der Waals surface area (Å²) in [7, 11) is 0. The van der Waals surface area contributed by atoms with E-state index >= 15 is 0 Å². The summed E-state index contributed by atoms with van der Waals surface area (Å²) < 4.78 is 0. The number of aliphatic hydroxyl groups excluding tert-OH is 1. The third-order valence-electron chi connectivity index (χ3n) is 5.32. The highest BCUT2D eigenvalue weighted by Gasteiger charge is 2.24. The van der Waals surface area contributed by atoms with Crippen molar-refractivity contribution in [2.45, 2.75) is 31.9 Å². The lowest BCUT2D eigenvalue weighted by molar-refractivity contribution is -0.129. The van der Waals surface area contributed by atoms with Crippen LogP contribution in [0.1, 0.15) is 19.8 Å². The number of carbonyl (C=O) groups is 1. The lowest BCUT2D eigenvalue weighted by atomic mass is 10.0. The van der Waals surface area contributed by atoms with E-state index in [4.69, 9.17) is 21.6 Å². The zero-order valence-corrected chi connectivity index (χ0v) is 18.0. The number of hydrogen-bond donors (Lipinski definition) is 2. The number of nitrogens with zero attached hydrogens (tertiary/aromatic N) is 4. The summed E-state index contributed by atoms with van der Waals surface area (Å²) >= 11 is 6.05. The zero-order valence-electron chi connectivity index (χ0n) is 17.2. The van der Waals surface area contributed by atoms with Crippen LogP contribution in [-0.2, 0) is 4.79 Å². The van der Waals surface area contributed by atoms with E-state index < -0.39 is 6.10 Å². The summed E-state index contributed by atoms with van der Waals surface area (Å²) in [6.07, 6.45) is 4.04. The van der Waals surface area contributed by atoms with Crippen molar-refractivity contribution < 1.29 is 9.90 Å². The molecular weight excluding hydrogens is 414 g/mol. The molecule has 0 spiro atoms. The van der Waals surface area contributed by atoms with Crippen molar-refractivity contribution in [3.05, 3.63) is 59.9 Å². The first-order chi connectivity index (χ1) is 15.0. The van der Waals surface area contributed by atoms with Crippen LogP contribution in [0.15, 0.2) is 54.9 Å². The zero-order chi connectivity index (χ0) is 21.8. The highest BCUT2D eigenvalue weighted by Crippen LogP contribution is 2.28. The predicted octanol–water partition coefficient (Wildman–Crippen LogP) is 3.32. The van der Waals surface area contributed by atoms with Gasteiger partial charge in [0.15, 0.2) is 5.82 Å². The first kappa shape index (κ1) is 21.2. The fraction of sp³-hybridized carbons (Fsp3) is 0.304. The number of amides is 1. The molecule has 2 aromatic heterocycles. The van der Waals surface area contributed by atoms with E-state index in [2.05, 4.69) is 15.2 Å². The van der Waals surface area contributed by atoms with Crippen LogP contribution in [-0.4, -0.2) is 51.2 Å². The number of nitrogens with one attached hydrogen (secondary N) is 1. The number of piperidine rings is 1. The second kappa shape index (κ2) is 9.41. The largest absolute Gasteiger partial charge is 0.384 e. The quantitative estimate of drug-likeness (QED) is 0.636. The number of aliphatic hydroxyl groups is 1. The van der Waals surface area contributed by atoms with Crippen LogP contribution in [0, 0.1) is 0 Å². The molecule has 2 N–H and O–H groups in total. The van der Waals surface area contributed by atoms with E-state index in [1.807, 2.05) is 42.5 Å². The third-order valence-corrected chi connectivity index (χ3v) is 5.57. The smallest absolute Gasteiger partial charge is 0.248 e. The molecule has 0 aliphatic carbocycles. The van der Waals surface area contributed by atoms with Gasteiger partial charge < -0.3 is 15.3 Å². The molecule has 1 aliphatic heterocycles. The maximum absolute atomic E-state index is 11.8. The highest BCUT2D eigenvalue weighted by atomic mass is 35.5. The molecule has 3 aromatic rings. The van der Waals surface area contributed by atoms with E-state index in [1.165, 1.54) is 6.92 Å². The molecule has 1 unspecified atom stereocenters. The summed E-state index contributed by atoms with van der Waals surface area (Å²) in [5.74, 6) is 1.11. The van der Waals surface area contributed by atoms with Gasteiger partial charge in [0.2, 0.25) is 5.91 Å². The number of pyridine rings is 1. The Morgan fingerprint density at radius 3 is 2.55 bits per heavy atom. The standard InChI is InChI=1S/C23H24ClN5O2/c1-15(30)23(31)26-19-8-11-29(12-9-19)21-13-20(16-4-6-18(24)7-5-16)27-22(28-21)17-3-2-10-25-14-17/h2-7,10,13-15,19,30H,8-9,11-12H2,1H3,(H,26,31). The van der Waals surface area contributed by atoms with Crippen LogP contribution in [0.5, 0.6) is 0 Å². The second-order valence-electron chi connectivity index (χ2n) is 7.63. The number of halogens is 1. The molecule has 1 fully saturated rings. The van der Waals surface area contributed by atoms with Gasteiger partial charge in [0.05, 0.1) is 5.69 Å². The molecular formula is C23H24ClN5O2. The first-order valence-electron chi connectivity index (χ1n) is 10.3. The number of aromatic nitrogens is 3. The van der Waals surface area contributed by atoms with Crippen molar-refractivity contribution in [3.8, 4) is 22.6 Å². The number of anilines is 1. The van der Waals surface area contributed by atoms with Gasteiger partial charge in [-0.15, -0.1) is 0 Å². The molecule has 0 bridgehead atoms. The maximum Gasteiger partial charge on any atom is 0.248 e. The molecule has 8 heteroatoms. The number of benzene rings is 1. The molecule has 0 saturated carbocycles. The topological polar surface area (TPSA) is 91.2 Å². The minimum Gasteiger partial charge on any atom is -0.384 e. The Bertz CT molecular complexity index is 1040. The van der Waals surface area contributed by atoms with Crippen molar-refractivity contribution in [3.63, 3.8) is 0 Å². The van der Waals surface area contributed by atoms with Crippen molar-refractivity contribution in [1.82, 2.24) is 20.3 Å². The van der Waals surface area contributed by atoms with Crippen molar-refractivity contribution in [2.24, 2.45) is 0 Å². The Hall–Kier alpha value is -3.03. The van der Waals surface area contributed by atoms with Crippen LogP contribution in [0.2, 0.25) is 5.02 Å². The average Bonchev–Trinajstić information content (AvgIpc) is 2.80. The monoisotopic (exact) mass is 437 g/mol. The Morgan fingerprint density at radius 1 is 1.16 bits per heavy atom. The minimum atomic E-state index is -0.996. The average molecular weight is 438 g/mol. The molecule has 1 aliphatic rings. The normalized spacial score (nSPS) is 15.5. The SMILES string of the molecule is CC(O)C(=O)NC1CCN(c2cc(-c3ccc(Cl)cc3)nc(-c3cccnc3)n2)CC1. The van der Waals surface area contributed by atoms with Crippen molar-refractivity contribution >= 4 is 23.3 Å². The van der Waals surface area contributed by atoms with Gasteiger partial charge in [-0.2, -0.15) is 0 Å². The van der Waals surface area contributed by atoms with Gasteiger partial charge in [0.25, 0.3) is 0 Å². The minimum absolute atomic E-state index is 0.0497. The first-order valence-corrected chi connectivity index (χ1v) is 10.7. The van der Waals surface area contributed by atoms with E-state index in [9.17, 15) is 9.90 Å². The van der Waals surface area contributed by atoms with Crippen LogP contribution < -0.4 is 10.2 Å². The Morgan fingerprint density at radius 2 is 1.90 bits per heavy atom. The Kier molecular flexibility index (Phi) is 6.44. The highest BCUT2D eigenvalue weighted by molar-refractivity contribution is 6.30. The van der Waals surface area contributed by atoms with Gasteiger partial charge in [-0.05, 0) is 44.0 Å². The van der Waals surface area contributed by atoms with Gasteiger partial charge in [-0.3, -0.25) is 9.78 Å². The molecule has 160 valence electrons. The number of rotatable bonds is 5. The fourth-order valence-electron chi connectivity index (χ4n) is 3.56.